The Morgan fingerprint density at radius 2 is 1.95 bits per heavy atom. The Balaban J connectivity index is 1.73. The zero-order chi connectivity index (χ0) is 26.6. The summed E-state index contributed by atoms with van der Waals surface area (Å²) in [5, 5.41) is 9.13. The van der Waals surface area contributed by atoms with Crippen LogP contribution in [0.1, 0.15) is 44.7 Å². The molecule has 0 radical (unpaired) electrons. The van der Waals surface area contributed by atoms with Crippen molar-refractivity contribution >= 4 is 11.9 Å². The van der Waals surface area contributed by atoms with E-state index >= 15 is 0 Å². The van der Waals surface area contributed by atoms with Gasteiger partial charge in [-0.3, -0.25) is 0 Å². The van der Waals surface area contributed by atoms with Crippen molar-refractivity contribution in [2.75, 3.05) is 11.4 Å². The third kappa shape index (κ3) is 6.36. The number of hydrogen-bond acceptors (Lipinski definition) is 6. The first-order valence-corrected chi connectivity index (χ1v) is 12.3. The second kappa shape index (κ2) is 10.9. The third-order valence-electron chi connectivity index (χ3n) is 6.55. The van der Waals surface area contributed by atoms with Gasteiger partial charge in [0.2, 0.25) is 0 Å². The van der Waals surface area contributed by atoms with E-state index < -0.39 is 11.9 Å². The zero-order valence-corrected chi connectivity index (χ0v) is 21.3. The molecule has 0 spiro atoms. The van der Waals surface area contributed by atoms with Gasteiger partial charge in [0.05, 0.1) is 11.3 Å². The molecule has 0 bridgehead atoms. The second-order valence-corrected chi connectivity index (χ2v) is 10.3. The lowest BCUT2D eigenvalue weighted by Crippen LogP contribution is -2.52. The molecule has 8 heteroatoms. The molecule has 1 fully saturated rings. The lowest BCUT2D eigenvalue weighted by Gasteiger charge is -2.46. The molecule has 3 aromatic rings. The van der Waals surface area contributed by atoms with E-state index in [0.29, 0.717) is 48.8 Å². The number of aromatic nitrogens is 1. The topological polar surface area (TPSA) is 101 Å². The maximum atomic E-state index is 14.5. The quantitative estimate of drug-likeness (QED) is 0.456. The smallest absolute Gasteiger partial charge is 0.404 e. The van der Waals surface area contributed by atoms with Gasteiger partial charge in [-0.25, -0.2) is 14.2 Å². The Bertz CT molecular complexity index is 1300. The van der Waals surface area contributed by atoms with Crippen molar-refractivity contribution < 1.29 is 18.7 Å². The summed E-state index contributed by atoms with van der Waals surface area (Å²) in [6, 6.07) is 19.8. The molecule has 2 aromatic carbocycles. The second-order valence-electron chi connectivity index (χ2n) is 10.3. The predicted octanol–water partition coefficient (Wildman–Crippen LogP) is 5.82. The van der Waals surface area contributed by atoms with Gasteiger partial charge in [0.15, 0.2) is 0 Å². The Hall–Kier alpha value is -4.12. The molecular weight excluding hydrogens is 471 g/mol. The van der Waals surface area contributed by atoms with E-state index in [9.17, 15) is 9.18 Å². The molecule has 1 aromatic heterocycles. The number of pyridine rings is 1. The minimum Gasteiger partial charge on any atom is -0.489 e. The lowest BCUT2D eigenvalue weighted by molar-refractivity contribution is 0.0668. The van der Waals surface area contributed by atoms with E-state index in [2.05, 4.69) is 25.7 Å². The summed E-state index contributed by atoms with van der Waals surface area (Å²) in [6.07, 6.45) is 0.158. The average Bonchev–Trinajstić information content (AvgIpc) is 2.87. The SMILES string of the molecule is CC(C)(C)C1CC(OC(N)=O)CCN1c1cc(OCc2ccccc2)cc(-c2ccc(C#N)c(F)c2)n1. The molecule has 0 aliphatic carbocycles. The number of rotatable bonds is 6. The minimum absolute atomic E-state index is 0.00646. The number of ether oxygens (including phenoxy) is 2. The first kappa shape index (κ1) is 26.0. The van der Waals surface area contributed by atoms with Gasteiger partial charge in [0.25, 0.3) is 0 Å². The monoisotopic (exact) mass is 502 g/mol. The van der Waals surface area contributed by atoms with E-state index in [1.807, 2.05) is 42.5 Å². The van der Waals surface area contributed by atoms with Crippen LogP contribution in [-0.2, 0) is 11.3 Å². The predicted molar refractivity (Wildman–Crippen MR) is 139 cm³/mol. The molecule has 1 amide bonds. The number of nitrogens with zero attached hydrogens (tertiary/aromatic N) is 3. The number of benzene rings is 2. The van der Waals surface area contributed by atoms with Gasteiger partial charge in [-0.05, 0) is 23.1 Å². The number of hydrogen-bond donors (Lipinski definition) is 1. The summed E-state index contributed by atoms with van der Waals surface area (Å²) in [4.78, 5) is 18.5. The average molecular weight is 503 g/mol. The van der Waals surface area contributed by atoms with Crippen LogP contribution >= 0.6 is 0 Å². The summed E-state index contributed by atoms with van der Waals surface area (Å²) in [7, 11) is 0. The van der Waals surface area contributed by atoms with Gasteiger partial charge in [-0.2, -0.15) is 5.26 Å². The number of carbonyl (C=O) groups excluding carboxylic acids is 1. The van der Waals surface area contributed by atoms with Crippen molar-refractivity contribution in [2.45, 2.75) is 52.4 Å². The van der Waals surface area contributed by atoms with Crippen molar-refractivity contribution in [3.05, 3.63) is 77.6 Å². The summed E-state index contributed by atoms with van der Waals surface area (Å²) >= 11 is 0. The summed E-state index contributed by atoms with van der Waals surface area (Å²) in [5.74, 6) is 0.676. The van der Waals surface area contributed by atoms with Gasteiger partial charge in [0, 0.05) is 43.1 Å². The number of piperidine rings is 1. The van der Waals surface area contributed by atoms with Gasteiger partial charge in [-0.1, -0.05) is 57.2 Å². The highest BCUT2D eigenvalue weighted by Crippen LogP contribution is 2.38. The molecular formula is C29H31FN4O3. The largest absolute Gasteiger partial charge is 0.489 e. The number of halogens is 1. The van der Waals surface area contributed by atoms with E-state index in [1.54, 1.807) is 12.1 Å². The van der Waals surface area contributed by atoms with E-state index in [4.69, 9.17) is 25.5 Å². The standard InChI is InChI=1S/C29H31FN4O3/c1-29(2,3)26-15-22(37-28(32)35)11-12-34(26)27-16-23(36-18-19-7-5-4-6-8-19)14-25(33-27)20-9-10-21(17-31)24(30)13-20/h4-10,13-14,16,22,26H,11-12,15,18H2,1-3H3,(H2,32,35). The van der Waals surface area contributed by atoms with Gasteiger partial charge < -0.3 is 20.1 Å². The molecule has 2 unspecified atom stereocenters. The van der Waals surface area contributed by atoms with Gasteiger partial charge >= 0.3 is 6.09 Å². The molecule has 2 N–H and O–H groups in total. The Morgan fingerprint density at radius 3 is 2.59 bits per heavy atom. The van der Waals surface area contributed by atoms with Crippen LogP contribution in [0.4, 0.5) is 15.0 Å². The summed E-state index contributed by atoms with van der Waals surface area (Å²) < 4.78 is 26.0. The van der Waals surface area contributed by atoms with Crippen molar-refractivity contribution in [1.29, 1.82) is 5.26 Å². The van der Waals surface area contributed by atoms with Crippen molar-refractivity contribution in [2.24, 2.45) is 11.1 Å². The maximum Gasteiger partial charge on any atom is 0.404 e. The summed E-state index contributed by atoms with van der Waals surface area (Å²) in [5.41, 5.74) is 7.20. The number of nitriles is 1. The number of primary amides is 1. The molecule has 2 atom stereocenters. The van der Waals surface area contributed by atoms with E-state index in [-0.39, 0.29) is 23.1 Å². The Morgan fingerprint density at radius 1 is 1.19 bits per heavy atom. The first-order chi connectivity index (χ1) is 17.6. The van der Waals surface area contributed by atoms with Crippen LogP contribution < -0.4 is 15.4 Å². The van der Waals surface area contributed by atoms with E-state index in [1.165, 1.54) is 12.1 Å². The molecule has 4 rings (SSSR count). The van der Waals surface area contributed by atoms with Crippen LogP contribution in [0, 0.1) is 22.6 Å². The van der Waals surface area contributed by atoms with E-state index in [0.717, 1.165) is 5.56 Å². The fraction of sp³-hybridized carbons (Fsp3) is 0.345. The molecule has 2 heterocycles. The lowest BCUT2D eigenvalue weighted by atomic mass is 9.79. The molecule has 1 aliphatic rings. The molecule has 1 aliphatic heterocycles. The molecule has 7 nitrogen and oxygen atoms in total. The van der Waals surface area contributed by atoms with Crippen LogP contribution in [-0.4, -0.2) is 29.8 Å². The molecule has 0 saturated carbocycles. The molecule has 1 saturated heterocycles. The Kier molecular flexibility index (Phi) is 7.63. The van der Waals surface area contributed by atoms with Gasteiger partial charge in [0.1, 0.15) is 36.2 Å². The third-order valence-corrected chi connectivity index (χ3v) is 6.55. The zero-order valence-electron chi connectivity index (χ0n) is 21.3. The normalized spacial score (nSPS) is 17.6. The highest BCUT2D eigenvalue weighted by molar-refractivity contribution is 5.66. The van der Waals surface area contributed by atoms with Crippen LogP contribution in [0.2, 0.25) is 0 Å². The fourth-order valence-electron chi connectivity index (χ4n) is 4.68. The van der Waals surface area contributed by atoms with Crippen LogP contribution in [0.15, 0.2) is 60.7 Å². The van der Waals surface area contributed by atoms with Crippen molar-refractivity contribution in [3.63, 3.8) is 0 Å². The highest BCUT2D eigenvalue weighted by Gasteiger charge is 2.38. The number of anilines is 1. The maximum absolute atomic E-state index is 14.5. The van der Waals surface area contributed by atoms with Crippen LogP contribution in [0.3, 0.4) is 0 Å². The fourth-order valence-corrected chi connectivity index (χ4v) is 4.68. The minimum atomic E-state index is -0.773. The van der Waals surface area contributed by atoms with Gasteiger partial charge in [-0.15, -0.1) is 0 Å². The molecule has 37 heavy (non-hydrogen) atoms. The highest BCUT2D eigenvalue weighted by atomic mass is 19.1. The van der Waals surface area contributed by atoms with Crippen LogP contribution in [0.5, 0.6) is 5.75 Å². The van der Waals surface area contributed by atoms with Crippen molar-refractivity contribution in [3.8, 4) is 23.1 Å². The summed E-state index contributed by atoms with van der Waals surface area (Å²) in [6.45, 7) is 7.34. The Labute approximate surface area is 216 Å². The first-order valence-electron chi connectivity index (χ1n) is 12.3. The number of amides is 1. The number of carbonyl (C=O) groups is 1. The van der Waals surface area contributed by atoms with Crippen molar-refractivity contribution in [1.82, 2.24) is 4.98 Å². The number of nitrogens with two attached hydrogens (primary N) is 1. The molecule has 192 valence electrons. The van der Waals surface area contributed by atoms with Crippen LogP contribution in [0.25, 0.3) is 11.3 Å².